The number of sulfonamides is 1. The Balaban J connectivity index is 1.45. The van der Waals surface area contributed by atoms with E-state index >= 15 is 0 Å². The monoisotopic (exact) mass is 593 g/mol. The summed E-state index contributed by atoms with van der Waals surface area (Å²) in [6, 6.07) is 22.7. The van der Waals surface area contributed by atoms with E-state index < -0.39 is 21.5 Å². The number of hydrogen-bond acceptors (Lipinski definition) is 6. The Morgan fingerprint density at radius 3 is 1.95 bits per heavy atom. The van der Waals surface area contributed by atoms with Crippen LogP contribution in [0.2, 0.25) is 0 Å². The molecule has 2 heterocycles. The van der Waals surface area contributed by atoms with Gasteiger partial charge in [-0.05, 0) is 53.8 Å². The molecule has 0 radical (unpaired) electrons. The number of carboxylic acid groups (broad SMARTS) is 1. The van der Waals surface area contributed by atoms with Crippen LogP contribution in [0.15, 0.2) is 83.8 Å². The van der Waals surface area contributed by atoms with Crippen molar-refractivity contribution in [2.24, 2.45) is 0 Å². The highest BCUT2D eigenvalue weighted by Crippen LogP contribution is 2.37. The Morgan fingerprint density at radius 2 is 1.40 bits per heavy atom. The first kappa shape index (κ1) is 29.6. The van der Waals surface area contributed by atoms with Crippen molar-refractivity contribution in [1.82, 2.24) is 14.1 Å². The largest absolute Gasteiger partial charge is 0.497 e. The maximum Gasteiger partial charge on any atom is 0.325 e. The number of urea groups is 1. The molecule has 2 aliphatic rings. The second kappa shape index (κ2) is 12.5. The van der Waals surface area contributed by atoms with Gasteiger partial charge < -0.3 is 24.4 Å². The lowest BCUT2D eigenvalue weighted by atomic mass is 9.87. The van der Waals surface area contributed by atoms with Crippen LogP contribution < -0.4 is 4.74 Å². The van der Waals surface area contributed by atoms with E-state index in [1.165, 1.54) is 12.1 Å². The summed E-state index contributed by atoms with van der Waals surface area (Å²) < 4.78 is 40.2. The van der Waals surface area contributed by atoms with Crippen LogP contribution in [0.5, 0.6) is 5.75 Å². The number of carboxylic acids is 1. The molecule has 10 nitrogen and oxygen atoms in total. The third kappa shape index (κ3) is 5.99. The third-order valence-electron chi connectivity index (χ3n) is 8.05. The predicted octanol–water partition coefficient (Wildman–Crippen LogP) is 3.92. The first-order valence-corrected chi connectivity index (χ1v) is 15.3. The molecule has 2 amide bonds. The summed E-state index contributed by atoms with van der Waals surface area (Å²) in [6.45, 7) is 1.99. The second-order valence-corrected chi connectivity index (χ2v) is 12.3. The number of carbonyl (C=O) groups excluding carboxylic acids is 1. The SMILES string of the molecule is COc1ccc(-c2ccc(S(=O)(=O)N(Cc3ccccc3)C3(C(=O)O)CCN(C(=O)N4CCOCC4)CC3)cc2)cc1. The number of methoxy groups -OCH3 is 1. The quantitative estimate of drug-likeness (QED) is 0.421. The summed E-state index contributed by atoms with van der Waals surface area (Å²) in [5.74, 6) is -0.513. The Kier molecular flexibility index (Phi) is 8.81. The number of piperidine rings is 1. The van der Waals surface area contributed by atoms with Crippen molar-refractivity contribution >= 4 is 22.0 Å². The summed E-state index contributed by atoms with van der Waals surface area (Å²) in [7, 11) is -2.68. The van der Waals surface area contributed by atoms with Gasteiger partial charge in [-0.1, -0.05) is 54.6 Å². The predicted molar refractivity (Wildman–Crippen MR) is 157 cm³/mol. The molecule has 0 saturated carbocycles. The molecular formula is C31H35N3O7S. The van der Waals surface area contributed by atoms with Gasteiger partial charge in [0.05, 0.1) is 25.2 Å². The fraction of sp³-hybridized carbons (Fsp3) is 0.355. The number of carbonyl (C=O) groups is 2. The van der Waals surface area contributed by atoms with Crippen LogP contribution in [0.25, 0.3) is 11.1 Å². The van der Waals surface area contributed by atoms with Gasteiger partial charge in [-0.3, -0.25) is 4.79 Å². The summed E-state index contributed by atoms with van der Waals surface area (Å²) in [5.41, 5.74) is 0.642. The van der Waals surface area contributed by atoms with Crippen molar-refractivity contribution in [1.29, 1.82) is 0 Å². The van der Waals surface area contributed by atoms with Crippen molar-refractivity contribution in [3.05, 3.63) is 84.4 Å². The molecule has 0 atom stereocenters. The minimum absolute atomic E-state index is 0.00291. The number of rotatable bonds is 8. The molecule has 222 valence electrons. The normalized spacial score (nSPS) is 17.2. The second-order valence-electron chi connectivity index (χ2n) is 10.5. The van der Waals surface area contributed by atoms with Crippen LogP contribution in [0.1, 0.15) is 18.4 Å². The average molecular weight is 594 g/mol. The van der Waals surface area contributed by atoms with Crippen LogP contribution in [-0.2, 0) is 26.1 Å². The lowest BCUT2D eigenvalue weighted by Crippen LogP contribution is -2.63. The van der Waals surface area contributed by atoms with E-state index in [1.807, 2.05) is 30.3 Å². The lowest BCUT2D eigenvalue weighted by molar-refractivity contribution is -0.151. The molecule has 3 aromatic rings. The van der Waals surface area contributed by atoms with E-state index in [-0.39, 0.29) is 43.4 Å². The van der Waals surface area contributed by atoms with Crippen LogP contribution in [0.3, 0.4) is 0 Å². The van der Waals surface area contributed by atoms with Gasteiger partial charge in [0.25, 0.3) is 0 Å². The molecule has 2 aliphatic heterocycles. The summed E-state index contributed by atoms with van der Waals surface area (Å²) in [4.78, 5) is 29.4. The molecule has 11 heteroatoms. The number of nitrogens with zero attached hydrogens (tertiary/aromatic N) is 3. The van der Waals surface area contributed by atoms with Gasteiger partial charge in [-0.25, -0.2) is 13.2 Å². The highest BCUT2D eigenvalue weighted by Gasteiger charge is 2.52. The number of aliphatic carboxylic acids is 1. The van der Waals surface area contributed by atoms with Gasteiger partial charge in [0.15, 0.2) is 0 Å². The van der Waals surface area contributed by atoms with Gasteiger partial charge in [0.1, 0.15) is 11.3 Å². The number of benzene rings is 3. The van der Waals surface area contributed by atoms with E-state index in [9.17, 15) is 23.1 Å². The summed E-state index contributed by atoms with van der Waals surface area (Å²) in [5, 5.41) is 10.6. The Labute approximate surface area is 246 Å². The van der Waals surface area contributed by atoms with Crippen molar-refractivity contribution in [3.63, 3.8) is 0 Å². The number of hydrogen-bond donors (Lipinski definition) is 1. The fourth-order valence-corrected chi connectivity index (χ4v) is 7.31. The maximum absolute atomic E-state index is 14.3. The van der Waals surface area contributed by atoms with Gasteiger partial charge in [-0.2, -0.15) is 4.31 Å². The molecule has 5 rings (SSSR count). The van der Waals surface area contributed by atoms with Crippen LogP contribution >= 0.6 is 0 Å². The average Bonchev–Trinajstić information content (AvgIpc) is 3.04. The van der Waals surface area contributed by atoms with Crippen molar-refractivity contribution in [3.8, 4) is 16.9 Å². The van der Waals surface area contributed by atoms with Gasteiger partial charge in [0, 0.05) is 32.7 Å². The van der Waals surface area contributed by atoms with Gasteiger partial charge >= 0.3 is 12.0 Å². The van der Waals surface area contributed by atoms with Crippen molar-refractivity contribution in [2.45, 2.75) is 29.8 Å². The molecule has 0 aliphatic carbocycles. The zero-order chi connectivity index (χ0) is 29.7. The summed E-state index contributed by atoms with van der Waals surface area (Å²) in [6.07, 6.45) is -0.0666. The molecule has 0 aromatic heterocycles. The van der Waals surface area contributed by atoms with Gasteiger partial charge in [-0.15, -0.1) is 0 Å². The van der Waals surface area contributed by atoms with E-state index in [4.69, 9.17) is 9.47 Å². The molecule has 1 N–H and O–H groups in total. The van der Waals surface area contributed by atoms with E-state index in [1.54, 1.807) is 53.3 Å². The molecule has 2 fully saturated rings. The third-order valence-corrected chi connectivity index (χ3v) is 9.98. The van der Waals surface area contributed by atoms with Crippen molar-refractivity contribution < 1.29 is 32.6 Å². The molecule has 2 saturated heterocycles. The standard InChI is InChI=1S/C31H35N3O7S/c1-40-27-11-7-25(8-12-27)26-9-13-28(14-10-26)42(38,39)34(23-24-5-3-2-4-6-24)31(29(35)36)15-17-32(18-16-31)30(37)33-19-21-41-22-20-33/h2-14H,15-23H2,1H3,(H,35,36). The number of likely N-dealkylation sites (tertiary alicyclic amines) is 1. The topological polar surface area (TPSA) is 117 Å². The molecule has 42 heavy (non-hydrogen) atoms. The Hall–Kier alpha value is -3.93. The first-order chi connectivity index (χ1) is 20.2. The van der Waals surface area contributed by atoms with E-state index in [2.05, 4.69) is 0 Å². The molecule has 0 unspecified atom stereocenters. The van der Waals surface area contributed by atoms with Crippen LogP contribution in [0.4, 0.5) is 4.79 Å². The number of morpholine rings is 1. The smallest absolute Gasteiger partial charge is 0.325 e. The molecule has 0 bridgehead atoms. The Morgan fingerprint density at radius 1 is 0.857 bits per heavy atom. The van der Waals surface area contributed by atoms with Gasteiger partial charge in [0.2, 0.25) is 10.0 Å². The van der Waals surface area contributed by atoms with E-state index in [0.717, 1.165) is 15.4 Å². The highest BCUT2D eigenvalue weighted by atomic mass is 32.2. The minimum atomic E-state index is -4.27. The fourth-order valence-electron chi connectivity index (χ4n) is 5.54. The van der Waals surface area contributed by atoms with Crippen LogP contribution in [-0.4, -0.2) is 91.7 Å². The molecular weight excluding hydrogens is 558 g/mol. The summed E-state index contributed by atoms with van der Waals surface area (Å²) >= 11 is 0. The lowest BCUT2D eigenvalue weighted by Gasteiger charge is -2.46. The highest BCUT2D eigenvalue weighted by molar-refractivity contribution is 7.89. The molecule has 0 spiro atoms. The Bertz CT molecular complexity index is 1480. The zero-order valence-electron chi connectivity index (χ0n) is 23.5. The number of ether oxygens (including phenoxy) is 2. The van der Waals surface area contributed by atoms with E-state index in [0.29, 0.717) is 37.6 Å². The number of amides is 2. The van der Waals surface area contributed by atoms with Crippen LogP contribution in [0, 0.1) is 0 Å². The first-order valence-electron chi connectivity index (χ1n) is 13.9. The zero-order valence-corrected chi connectivity index (χ0v) is 24.3. The maximum atomic E-state index is 14.3. The minimum Gasteiger partial charge on any atom is -0.497 e. The molecule has 3 aromatic carbocycles. The van der Waals surface area contributed by atoms with Crippen molar-refractivity contribution in [2.75, 3.05) is 46.5 Å².